The van der Waals surface area contributed by atoms with E-state index in [2.05, 4.69) is 0 Å². The van der Waals surface area contributed by atoms with Crippen molar-refractivity contribution in [2.75, 3.05) is 0 Å². The highest BCUT2D eigenvalue weighted by molar-refractivity contribution is 6.35. The molecule has 3 rings (SSSR count). The molecule has 3 nitrogen and oxygen atoms in total. The highest BCUT2D eigenvalue weighted by Crippen LogP contribution is 2.33. The van der Waals surface area contributed by atoms with E-state index >= 15 is 0 Å². The maximum Gasteiger partial charge on any atom is 0.352 e. The van der Waals surface area contributed by atoms with Gasteiger partial charge in [0, 0.05) is 28.0 Å². The van der Waals surface area contributed by atoms with Gasteiger partial charge in [0.05, 0.1) is 5.52 Å². The minimum absolute atomic E-state index is 0.241. The summed E-state index contributed by atoms with van der Waals surface area (Å²) in [5, 5.41) is 11.2. The third-order valence-electron chi connectivity index (χ3n) is 3.45. The molecule has 0 aliphatic rings. The SMILES string of the molecule is Cn1c(C(=O)O)cc2cccc(-c3cc(Cl)cc(Cl)c3)c21. The van der Waals surface area contributed by atoms with Crippen molar-refractivity contribution in [3.05, 3.63) is 58.2 Å². The van der Waals surface area contributed by atoms with Gasteiger partial charge in [-0.3, -0.25) is 0 Å². The van der Waals surface area contributed by atoms with Gasteiger partial charge in [0.25, 0.3) is 0 Å². The van der Waals surface area contributed by atoms with E-state index in [1.54, 1.807) is 23.7 Å². The molecule has 3 aromatic rings. The number of carbonyl (C=O) groups is 1. The first-order chi connectivity index (χ1) is 9.97. The topological polar surface area (TPSA) is 42.2 Å². The Labute approximate surface area is 131 Å². The van der Waals surface area contributed by atoms with Gasteiger partial charge in [0.2, 0.25) is 0 Å². The number of carboxylic acids is 1. The summed E-state index contributed by atoms with van der Waals surface area (Å²) in [5.41, 5.74) is 2.84. The number of aryl methyl sites for hydroxylation is 1. The molecule has 2 aromatic carbocycles. The lowest BCUT2D eigenvalue weighted by Gasteiger charge is -2.08. The summed E-state index contributed by atoms with van der Waals surface area (Å²) >= 11 is 12.1. The van der Waals surface area contributed by atoms with Crippen LogP contribution in [0.25, 0.3) is 22.0 Å². The Balaban J connectivity index is 2.35. The molecule has 0 saturated heterocycles. The number of para-hydroxylation sites is 1. The normalized spacial score (nSPS) is 11.0. The molecule has 0 amide bonds. The molecule has 0 bridgehead atoms. The number of aromatic carboxylic acids is 1. The van der Waals surface area contributed by atoms with Crippen molar-refractivity contribution in [2.24, 2.45) is 7.05 Å². The van der Waals surface area contributed by atoms with Crippen LogP contribution in [0.1, 0.15) is 10.5 Å². The lowest BCUT2D eigenvalue weighted by Crippen LogP contribution is -2.04. The average molecular weight is 320 g/mol. The van der Waals surface area contributed by atoms with E-state index in [1.807, 2.05) is 30.3 Å². The molecule has 0 saturated carbocycles. The van der Waals surface area contributed by atoms with E-state index in [1.165, 1.54) is 0 Å². The Hall–Kier alpha value is -1.97. The van der Waals surface area contributed by atoms with E-state index in [9.17, 15) is 9.90 Å². The molecule has 1 heterocycles. The molecule has 0 fully saturated rings. The van der Waals surface area contributed by atoms with Gasteiger partial charge in [0.1, 0.15) is 5.69 Å². The molecular formula is C16H11Cl2NO2. The van der Waals surface area contributed by atoms with E-state index < -0.39 is 5.97 Å². The minimum atomic E-state index is -0.955. The highest BCUT2D eigenvalue weighted by Gasteiger charge is 2.15. The van der Waals surface area contributed by atoms with Crippen molar-refractivity contribution in [1.82, 2.24) is 4.57 Å². The highest BCUT2D eigenvalue weighted by atomic mass is 35.5. The lowest BCUT2D eigenvalue weighted by molar-refractivity contribution is 0.0687. The largest absolute Gasteiger partial charge is 0.477 e. The van der Waals surface area contributed by atoms with Gasteiger partial charge in [-0.2, -0.15) is 0 Å². The molecule has 21 heavy (non-hydrogen) atoms. The minimum Gasteiger partial charge on any atom is -0.477 e. The van der Waals surface area contributed by atoms with Crippen LogP contribution in [-0.4, -0.2) is 15.6 Å². The Morgan fingerprint density at radius 1 is 1.10 bits per heavy atom. The Bertz CT molecular complexity index is 848. The Morgan fingerprint density at radius 2 is 1.76 bits per heavy atom. The smallest absolute Gasteiger partial charge is 0.352 e. The summed E-state index contributed by atoms with van der Waals surface area (Å²) in [7, 11) is 1.74. The van der Waals surface area contributed by atoms with Crippen LogP contribution in [0.4, 0.5) is 0 Å². The second kappa shape index (κ2) is 5.10. The molecular weight excluding hydrogens is 309 g/mol. The number of hydrogen-bond acceptors (Lipinski definition) is 1. The van der Waals surface area contributed by atoms with Crippen LogP contribution >= 0.6 is 23.2 Å². The Morgan fingerprint density at radius 3 is 2.38 bits per heavy atom. The van der Waals surface area contributed by atoms with Crippen LogP contribution in [0.15, 0.2) is 42.5 Å². The molecule has 0 aliphatic heterocycles. The molecule has 1 N–H and O–H groups in total. The van der Waals surface area contributed by atoms with Crippen LogP contribution < -0.4 is 0 Å². The second-order valence-electron chi connectivity index (χ2n) is 4.80. The summed E-state index contributed by atoms with van der Waals surface area (Å²) in [4.78, 5) is 11.3. The molecule has 0 radical (unpaired) electrons. The lowest BCUT2D eigenvalue weighted by atomic mass is 10.0. The molecule has 0 atom stereocenters. The van der Waals surface area contributed by atoms with Gasteiger partial charge in [-0.25, -0.2) is 4.79 Å². The van der Waals surface area contributed by atoms with Gasteiger partial charge in [-0.1, -0.05) is 41.4 Å². The van der Waals surface area contributed by atoms with Crippen LogP contribution in [-0.2, 0) is 7.05 Å². The predicted octanol–water partition coefficient (Wildman–Crippen LogP) is 4.85. The fraction of sp³-hybridized carbons (Fsp3) is 0.0625. The van der Waals surface area contributed by atoms with Crippen molar-refractivity contribution >= 4 is 40.1 Å². The van der Waals surface area contributed by atoms with Gasteiger partial charge < -0.3 is 9.67 Å². The van der Waals surface area contributed by atoms with Gasteiger partial charge in [0.15, 0.2) is 0 Å². The Kier molecular flexibility index (Phi) is 3.40. The zero-order valence-corrected chi connectivity index (χ0v) is 12.6. The van der Waals surface area contributed by atoms with Crippen LogP contribution in [0.2, 0.25) is 10.0 Å². The maximum absolute atomic E-state index is 11.3. The fourth-order valence-electron chi connectivity index (χ4n) is 2.56. The number of halogens is 2. The quantitative estimate of drug-likeness (QED) is 0.733. The van der Waals surface area contributed by atoms with Crippen LogP contribution in [0.5, 0.6) is 0 Å². The van der Waals surface area contributed by atoms with Crippen molar-refractivity contribution < 1.29 is 9.90 Å². The molecule has 0 unspecified atom stereocenters. The molecule has 0 aliphatic carbocycles. The first-order valence-corrected chi connectivity index (χ1v) is 7.01. The van der Waals surface area contributed by atoms with Crippen molar-refractivity contribution in [1.29, 1.82) is 0 Å². The number of fused-ring (bicyclic) bond motifs is 1. The third-order valence-corrected chi connectivity index (χ3v) is 3.89. The van der Waals surface area contributed by atoms with Crippen LogP contribution in [0.3, 0.4) is 0 Å². The number of carboxylic acid groups (broad SMARTS) is 1. The van der Waals surface area contributed by atoms with Gasteiger partial charge >= 0.3 is 5.97 Å². The first kappa shape index (κ1) is 14.0. The van der Waals surface area contributed by atoms with E-state index in [0.717, 1.165) is 22.0 Å². The van der Waals surface area contributed by atoms with E-state index in [-0.39, 0.29) is 5.69 Å². The monoisotopic (exact) mass is 319 g/mol. The molecule has 0 spiro atoms. The predicted molar refractivity (Wildman–Crippen MR) is 85.3 cm³/mol. The number of hydrogen-bond donors (Lipinski definition) is 1. The molecule has 5 heteroatoms. The third kappa shape index (κ3) is 2.39. The summed E-state index contributed by atoms with van der Waals surface area (Å²) in [5.74, 6) is -0.955. The van der Waals surface area contributed by atoms with Crippen molar-refractivity contribution in [2.45, 2.75) is 0 Å². The standard InChI is InChI=1S/C16H11Cl2NO2/c1-19-14(16(20)21)7-9-3-2-4-13(15(9)19)10-5-11(17)8-12(18)6-10/h2-8H,1H3,(H,20,21). The number of rotatable bonds is 2. The number of nitrogens with zero attached hydrogens (tertiary/aromatic N) is 1. The van der Waals surface area contributed by atoms with Crippen molar-refractivity contribution in [3.63, 3.8) is 0 Å². The fourth-order valence-corrected chi connectivity index (χ4v) is 3.09. The maximum atomic E-state index is 11.3. The summed E-state index contributed by atoms with van der Waals surface area (Å²) in [6.45, 7) is 0. The van der Waals surface area contributed by atoms with Crippen molar-refractivity contribution in [3.8, 4) is 11.1 Å². The zero-order valence-electron chi connectivity index (χ0n) is 11.1. The number of aromatic nitrogens is 1. The van der Waals surface area contributed by atoms with Gasteiger partial charge in [-0.05, 0) is 29.8 Å². The summed E-state index contributed by atoms with van der Waals surface area (Å²) in [6, 6.07) is 12.7. The zero-order chi connectivity index (χ0) is 15.1. The second-order valence-corrected chi connectivity index (χ2v) is 5.67. The summed E-state index contributed by atoms with van der Waals surface area (Å²) in [6.07, 6.45) is 0. The average Bonchev–Trinajstić information content (AvgIpc) is 2.75. The number of benzene rings is 2. The first-order valence-electron chi connectivity index (χ1n) is 6.25. The summed E-state index contributed by atoms with van der Waals surface area (Å²) < 4.78 is 1.67. The van der Waals surface area contributed by atoms with Gasteiger partial charge in [-0.15, -0.1) is 0 Å². The van der Waals surface area contributed by atoms with E-state index in [0.29, 0.717) is 10.0 Å². The van der Waals surface area contributed by atoms with E-state index in [4.69, 9.17) is 23.2 Å². The molecule has 106 valence electrons. The van der Waals surface area contributed by atoms with Crippen LogP contribution in [0, 0.1) is 0 Å². The molecule has 1 aromatic heterocycles.